The molecule has 2 aliphatic rings. The molecule has 0 fully saturated rings. The Morgan fingerprint density at radius 1 is 1.15 bits per heavy atom. The number of benzene rings is 2. The number of nitrogens with zero attached hydrogens (tertiary/aromatic N) is 1. The van der Waals surface area contributed by atoms with Gasteiger partial charge in [0.15, 0.2) is 6.61 Å². The Labute approximate surface area is 198 Å². The summed E-state index contributed by atoms with van der Waals surface area (Å²) < 4.78 is 47.3. The Balaban J connectivity index is 1.48. The number of rotatable bonds is 6. The van der Waals surface area contributed by atoms with Gasteiger partial charge in [-0.25, -0.2) is 4.79 Å². The third kappa shape index (κ3) is 5.42. The van der Waals surface area contributed by atoms with Crippen LogP contribution in [0.25, 0.3) is 0 Å². The predicted octanol–water partition coefficient (Wildman–Crippen LogP) is 5.18. The van der Waals surface area contributed by atoms with Crippen molar-refractivity contribution in [3.63, 3.8) is 0 Å². The summed E-state index contributed by atoms with van der Waals surface area (Å²) in [6.07, 6.45) is 0.113. The molecule has 1 amide bonds. The number of ether oxygens (including phenoxy) is 2. The number of hydrogen-bond donors (Lipinski definition) is 0. The molecule has 174 valence electrons. The van der Waals surface area contributed by atoms with Gasteiger partial charge in [0.1, 0.15) is 11.5 Å². The molecule has 34 heavy (non-hydrogen) atoms. The van der Waals surface area contributed by atoms with Crippen molar-refractivity contribution >= 4 is 23.5 Å². The van der Waals surface area contributed by atoms with Gasteiger partial charge in [0.05, 0.1) is 16.2 Å². The first-order valence-corrected chi connectivity index (χ1v) is 10.5. The highest BCUT2D eigenvalue weighted by Gasteiger charge is 2.34. The second-order valence-corrected chi connectivity index (χ2v) is 7.89. The summed E-state index contributed by atoms with van der Waals surface area (Å²) in [7, 11) is 0. The van der Waals surface area contributed by atoms with Crippen LogP contribution in [0.3, 0.4) is 0 Å². The molecule has 0 atom stereocenters. The van der Waals surface area contributed by atoms with Crippen molar-refractivity contribution in [2.75, 3.05) is 13.2 Å². The van der Waals surface area contributed by atoms with Crippen molar-refractivity contribution in [3.8, 4) is 11.5 Å². The molecule has 0 unspecified atom stereocenters. The Morgan fingerprint density at radius 2 is 1.91 bits per heavy atom. The molecule has 9 heteroatoms. The fourth-order valence-electron chi connectivity index (χ4n) is 3.50. The first-order chi connectivity index (χ1) is 16.2. The lowest BCUT2D eigenvalue weighted by molar-refractivity contribution is -0.153. The second kappa shape index (κ2) is 9.63. The summed E-state index contributed by atoms with van der Waals surface area (Å²) in [6, 6.07) is 12.9. The number of para-hydroxylation sites is 1. The molecule has 2 aromatic rings. The molecule has 0 saturated heterocycles. The van der Waals surface area contributed by atoms with E-state index in [0.29, 0.717) is 22.5 Å². The lowest BCUT2D eigenvalue weighted by atomic mass is 10.0. The van der Waals surface area contributed by atoms with Crippen LogP contribution in [0.5, 0.6) is 11.5 Å². The molecule has 0 radical (unpaired) electrons. The van der Waals surface area contributed by atoms with E-state index in [2.05, 4.69) is 5.73 Å². The number of esters is 1. The summed E-state index contributed by atoms with van der Waals surface area (Å²) in [5.41, 5.74) is 4.51. The highest BCUT2D eigenvalue weighted by Crippen LogP contribution is 2.32. The molecular weight excluding hydrogens is 471 g/mol. The Kier molecular flexibility index (Phi) is 6.63. The van der Waals surface area contributed by atoms with Crippen LogP contribution in [0.15, 0.2) is 89.2 Å². The molecule has 5 nitrogen and oxygen atoms in total. The minimum Gasteiger partial charge on any atom is -0.483 e. The van der Waals surface area contributed by atoms with Gasteiger partial charge in [0.2, 0.25) is 0 Å². The van der Waals surface area contributed by atoms with Crippen LogP contribution in [0.1, 0.15) is 5.56 Å². The zero-order valence-corrected chi connectivity index (χ0v) is 18.3. The summed E-state index contributed by atoms with van der Waals surface area (Å²) in [4.78, 5) is 27.3. The fourth-order valence-corrected chi connectivity index (χ4v) is 3.76. The maximum absolute atomic E-state index is 13.0. The number of alkyl halides is 3. The van der Waals surface area contributed by atoms with Crippen LogP contribution in [0.2, 0.25) is 5.02 Å². The van der Waals surface area contributed by atoms with Crippen molar-refractivity contribution < 1.29 is 32.2 Å². The molecule has 0 saturated carbocycles. The van der Waals surface area contributed by atoms with Crippen LogP contribution < -0.4 is 9.47 Å². The number of hydrogen-bond acceptors (Lipinski definition) is 4. The van der Waals surface area contributed by atoms with Crippen LogP contribution in [0.4, 0.5) is 13.2 Å². The van der Waals surface area contributed by atoms with Crippen LogP contribution >= 0.6 is 11.6 Å². The van der Waals surface area contributed by atoms with E-state index in [1.165, 1.54) is 35.3 Å². The van der Waals surface area contributed by atoms with Crippen LogP contribution in [0, 0.1) is 0 Å². The van der Waals surface area contributed by atoms with E-state index in [-0.39, 0.29) is 35.3 Å². The van der Waals surface area contributed by atoms with Gasteiger partial charge < -0.3 is 14.4 Å². The van der Waals surface area contributed by atoms with Crippen molar-refractivity contribution in [1.29, 1.82) is 0 Å². The first-order valence-electron chi connectivity index (χ1n) is 10.1. The lowest BCUT2D eigenvalue weighted by Gasteiger charge is -2.18. The summed E-state index contributed by atoms with van der Waals surface area (Å²) in [5.74, 6) is -0.646. The Hall–Kier alpha value is -3.74. The third-order valence-corrected chi connectivity index (χ3v) is 5.32. The number of carbonyl (C=O) groups excluding carboxylic acids is 2. The van der Waals surface area contributed by atoms with Crippen LogP contribution in [-0.4, -0.2) is 36.1 Å². The van der Waals surface area contributed by atoms with E-state index in [1.807, 2.05) is 0 Å². The largest absolute Gasteiger partial charge is 0.483 e. The summed E-state index contributed by atoms with van der Waals surface area (Å²) >= 11 is 6.07. The maximum atomic E-state index is 13.0. The van der Waals surface area contributed by atoms with Gasteiger partial charge in [0, 0.05) is 13.1 Å². The van der Waals surface area contributed by atoms with Gasteiger partial charge in [-0.2, -0.15) is 13.2 Å². The van der Waals surface area contributed by atoms with E-state index < -0.39 is 18.8 Å². The minimum absolute atomic E-state index is 0.00206. The molecule has 0 bridgehead atoms. The summed E-state index contributed by atoms with van der Waals surface area (Å²) in [6.45, 7) is -1.19. The Morgan fingerprint density at radius 3 is 2.62 bits per heavy atom. The monoisotopic (exact) mass is 487 g/mol. The Bertz CT molecular complexity index is 1260. The molecule has 0 N–H and O–H groups in total. The number of halogens is 4. The van der Waals surface area contributed by atoms with Gasteiger partial charge >= 0.3 is 12.1 Å². The summed E-state index contributed by atoms with van der Waals surface area (Å²) in [5, 5.41) is -0.00206. The predicted molar refractivity (Wildman–Crippen MR) is 118 cm³/mol. The molecule has 1 aliphatic carbocycles. The van der Waals surface area contributed by atoms with E-state index in [9.17, 15) is 22.8 Å². The van der Waals surface area contributed by atoms with Gasteiger partial charge in [0.25, 0.3) is 5.91 Å². The molecule has 1 aliphatic heterocycles. The van der Waals surface area contributed by atoms with Gasteiger partial charge in [-0.05, 0) is 53.6 Å². The fraction of sp³-hybridized carbons (Fsp3) is 0.160. The number of carbonyl (C=O) groups is 2. The minimum atomic E-state index is -4.48. The molecule has 1 heterocycles. The van der Waals surface area contributed by atoms with Gasteiger partial charge in [-0.15, -0.1) is 5.73 Å². The molecule has 0 spiro atoms. The molecule has 0 aromatic heterocycles. The van der Waals surface area contributed by atoms with E-state index >= 15 is 0 Å². The topological polar surface area (TPSA) is 55.8 Å². The zero-order valence-electron chi connectivity index (χ0n) is 17.6. The first kappa shape index (κ1) is 23.4. The van der Waals surface area contributed by atoms with E-state index in [0.717, 1.165) is 0 Å². The lowest BCUT2D eigenvalue weighted by Crippen LogP contribution is -2.27. The number of allylic oxidation sites excluding steroid dienone is 1. The van der Waals surface area contributed by atoms with Crippen molar-refractivity contribution in [2.24, 2.45) is 0 Å². The van der Waals surface area contributed by atoms with E-state index in [1.54, 1.807) is 36.4 Å². The average molecular weight is 488 g/mol. The van der Waals surface area contributed by atoms with Crippen molar-refractivity contribution in [3.05, 3.63) is 99.8 Å². The second-order valence-electron chi connectivity index (χ2n) is 7.48. The average Bonchev–Trinajstić information content (AvgIpc) is 2.95. The zero-order chi connectivity index (χ0) is 24.3. The highest BCUT2D eigenvalue weighted by molar-refractivity contribution is 6.32. The van der Waals surface area contributed by atoms with Gasteiger partial charge in [-0.3, -0.25) is 4.79 Å². The normalized spacial score (nSPS) is 15.2. The maximum Gasteiger partial charge on any atom is 0.422 e. The number of amides is 1. The van der Waals surface area contributed by atoms with Crippen molar-refractivity contribution in [2.45, 2.75) is 12.7 Å². The standard InChI is InChI=1S/C25H17ClF3NO4/c26-21-12-16(10-11-22(21)33-15-25(27,28)29)13-30-14-20-18(23(30)31)8-4-5-9-19(20)24(32)34-17-6-2-1-3-7-17/h1-3,5-12H,13-15H2. The van der Waals surface area contributed by atoms with Crippen LogP contribution in [-0.2, 0) is 16.1 Å². The van der Waals surface area contributed by atoms with Crippen molar-refractivity contribution in [1.82, 2.24) is 4.90 Å². The smallest absolute Gasteiger partial charge is 0.422 e. The SMILES string of the molecule is O=C(Oc1ccccc1)C1=CC=C=CC2=C1CN(Cc1ccc(OCC(F)(F)F)c(Cl)c1)C2=O. The quantitative estimate of drug-likeness (QED) is 0.320. The van der Waals surface area contributed by atoms with Gasteiger partial charge in [-0.1, -0.05) is 35.9 Å². The molecule has 4 rings (SSSR count). The molecular formula is C25H17ClF3NO4. The third-order valence-electron chi connectivity index (χ3n) is 5.03. The molecule has 2 aromatic carbocycles. The highest BCUT2D eigenvalue weighted by atomic mass is 35.5. The van der Waals surface area contributed by atoms with E-state index in [4.69, 9.17) is 21.1 Å².